The SMILES string of the molecule is Cn1c2c(=O)n(Cc3ccccc3F)ncc2c2cnn(Cc3cccc4[nH]ncc34)c(=O)c21. The van der Waals surface area contributed by atoms with Crippen LogP contribution in [0.4, 0.5) is 4.39 Å². The van der Waals surface area contributed by atoms with Gasteiger partial charge in [0.15, 0.2) is 0 Å². The Labute approximate surface area is 190 Å². The Morgan fingerprint density at radius 2 is 1.41 bits per heavy atom. The third-order valence-corrected chi connectivity index (χ3v) is 6.17. The molecule has 0 saturated heterocycles. The average molecular weight is 455 g/mol. The molecule has 0 atom stereocenters. The molecule has 4 heterocycles. The van der Waals surface area contributed by atoms with E-state index >= 15 is 0 Å². The van der Waals surface area contributed by atoms with Crippen LogP contribution in [0.1, 0.15) is 11.1 Å². The molecule has 6 rings (SSSR count). The molecular formula is C24H18FN7O2. The van der Waals surface area contributed by atoms with Gasteiger partial charge < -0.3 is 4.57 Å². The van der Waals surface area contributed by atoms with Gasteiger partial charge in [-0.15, -0.1) is 0 Å². The van der Waals surface area contributed by atoms with Crippen LogP contribution in [-0.4, -0.2) is 34.3 Å². The number of hydrogen-bond donors (Lipinski definition) is 1. The number of aryl methyl sites for hydroxylation is 1. The van der Waals surface area contributed by atoms with Crippen molar-refractivity contribution in [3.8, 4) is 0 Å². The van der Waals surface area contributed by atoms with Crippen LogP contribution in [0.2, 0.25) is 0 Å². The first-order chi connectivity index (χ1) is 16.5. The van der Waals surface area contributed by atoms with E-state index in [0.717, 1.165) is 16.5 Å². The predicted molar refractivity (Wildman–Crippen MR) is 125 cm³/mol. The first-order valence-corrected chi connectivity index (χ1v) is 10.6. The van der Waals surface area contributed by atoms with Crippen molar-refractivity contribution < 1.29 is 4.39 Å². The van der Waals surface area contributed by atoms with Crippen LogP contribution in [-0.2, 0) is 20.1 Å². The van der Waals surface area contributed by atoms with Crippen molar-refractivity contribution in [1.82, 2.24) is 34.3 Å². The van der Waals surface area contributed by atoms with Gasteiger partial charge in [-0.05, 0) is 17.7 Å². The zero-order valence-corrected chi connectivity index (χ0v) is 18.1. The first-order valence-electron chi connectivity index (χ1n) is 10.6. The molecule has 0 fully saturated rings. The zero-order valence-electron chi connectivity index (χ0n) is 18.1. The molecule has 1 N–H and O–H groups in total. The molecule has 0 aliphatic carbocycles. The van der Waals surface area contributed by atoms with Crippen LogP contribution in [0.5, 0.6) is 0 Å². The number of hydrogen-bond acceptors (Lipinski definition) is 5. The number of benzene rings is 2. The maximum absolute atomic E-state index is 14.1. The lowest BCUT2D eigenvalue weighted by Crippen LogP contribution is -2.26. The number of fused-ring (bicyclic) bond motifs is 4. The van der Waals surface area contributed by atoms with Gasteiger partial charge in [-0.1, -0.05) is 30.3 Å². The number of nitrogens with one attached hydrogen (secondary N) is 1. The lowest BCUT2D eigenvalue weighted by Gasteiger charge is -2.07. The molecule has 0 saturated carbocycles. The lowest BCUT2D eigenvalue weighted by atomic mass is 10.1. The third kappa shape index (κ3) is 2.95. The summed E-state index contributed by atoms with van der Waals surface area (Å²) < 4.78 is 18.3. The second-order valence-electron chi connectivity index (χ2n) is 8.14. The second kappa shape index (κ2) is 7.48. The normalized spacial score (nSPS) is 11.7. The Balaban J connectivity index is 1.49. The van der Waals surface area contributed by atoms with Gasteiger partial charge in [-0.25, -0.2) is 13.8 Å². The molecule has 0 unspecified atom stereocenters. The van der Waals surface area contributed by atoms with Gasteiger partial charge in [0.25, 0.3) is 11.1 Å². The van der Waals surface area contributed by atoms with Crippen LogP contribution in [0.25, 0.3) is 32.7 Å². The van der Waals surface area contributed by atoms with Gasteiger partial charge in [-0.2, -0.15) is 15.3 Å². The molecule has 0 radical (unpaired) electrons. The van der Waals surface area contributed by atoms with Crippen molar-refractivity contribution in [3.63, 3.8) is 0 Å². The van der Waals surface area contributed by atoms with Crippen LogP contribution >= 0.6 is 0 Å². The summed E-state index contributed by atoms with van der Waals surface area (Å²) in [7, 11) is 1.67. The number of aromatic amines is 1. The molecule has 2 aromatic carbocycles. The van der Waals surface area contributed by atoms with Crippen molar-refractivity contribution in [2.24, 2.45) is 7.05 Å². The van der Waals surface area contributed by atoms with E-state index in [1.165, 1.54) is 21.6 Å². The standard InChI is InChI=1S/C24H18FN7O2/c1-30-21-17(10-27-31(23(21)33)12-14-6-4-8-20-16(14)9-26-29-20)18-11-28-32(24(34)22(18)30)13-15-5-2-3-7-19(15)25/h2-11H,12-13H2,1H3,(H,26,29). The van der Waals surface area contributed by atoms with Gasteiger partial charge in [0, 0.05) is 28.8 Å². The van der Waals surface area contributed by atoms with E-state index in [4.69, 9.17) is 0 Å². The molecule has 34 heavy (non-hydrogen) atoms. The molecule has 6 aromatic rings. The summed E-state index contributed by atoms with van der Waals surface area (Å²) in [5, 5.41) is 17.6. The molecule has 9 nitrogen and oxygen atoms in total. The van der Waals surface area contributed by atoms with Crippen molar-refractivity contribution in [1.29, 1.82) is 0 Å². The van der Waals surface area contributed by atoms with Gasteiger partial charge in [-0.3, -0.25) is 14.7 Å². The van der Waals surface area contributed by atoms with Crippen LogP contribution in [0, 0.1) is 5.82 Å². The van der Waals surface area contributed by atoms with Crippen LogP contribution < -0.4 is 11.1 Å². The minimum atomic E-state index is -0.409. The second-order valence-corrected chi connectivity index (χ2v) is 8.14. The van der Waals surface area contributed by atoms with Crippen LogP contribution in [0.15, 0.2) is 70.6 Å². The van der Waals surface area contributed by atoms with Gasteiger partial charge in [0.2, 0.25) is 0 Å². The lowest BCUT2D eigenvalue weighted by molar-refractivity contribution is 0.574. The molecule has 0 aliphatic rings. The summed E-state index contributed by atoms with van der Waals surface area (Å²) in [4.78, 5) is 26.7. The highest BCUT2D eigenvalue weighted by Crippen LogP contribution is 2.23. The van der Waals surface area contributed by atoms with Crippen molar-refractivity contribution in [3.05, 3.63) is 98.7 Å². The molecule has 10 heteroatoms. The largest absolute Gasteiger partial charge is 0.334 e. The molecule has 0 spiro atoms. The van der Waals surface area contributed by atoms with E-state index in [0.29, 0.717) is 27.4 Å². The van der Waals surface area contributed by atoms with E-state index in [9.17, 15) is 14.0 Å². The first kappa shape index (κ1) is 20.0. The Hall–Kier alpha value is -4.60. The van der Waals surface area contributed by atoms with Gasteiger partial charge in [0.1, 0.15) is 16.9 Å². The minimum absolute atomic E-state index is 0.0137. The van der Waals surface area contributed by atoms with E-state index in [-0.39, 0.29) is 18.6 Å². The number of rotatable bonds is 4. The molecule has 0 amide bonds. The quantitative estimate of drug-likeness (QED) is 0.440. The zero-order chi connectivity index (χ0) is 23.4. The molecule has 168 valence electrons. The highest BCUT2D eigenvalue weighted by molar-refractivity contribution is 6.06. The Bertz CT molecular complexity index is 1840. The Kier molecular flexibility index (Phi) is 4.41. The van der Waals surface area contributed by atoms with Crippen molar-refractivity contribution in [2.45, 2.75) is 13.1 Å². The van der Waals surface area contributed by atoms with Gasteiger partial charge >= 0.3 is 0 Å². The van der Waals surface area contributed by atoms with E-state index in [2.05, 4.69) is 20.4 Å². The number of H-pyrrole nitrogens is 1. The Morgan fingerprint density at radius 1 is 0.794 bits per heavy atom. The maximum Gasteiger partial charge on any atom is 0.291 e. The maximum atomic E-state index is 14.1. The Morgan fingerprint density at radius 3 is 2.09 bits per heavy atom. The fourth-order valence-corrected chi connectivity index (χ4v) is 4.45. The average Bonchev–Trinajstić information content (AvgIpc) is 3.43. The monoisotopic (exact) mass is 455 g/mol. The smallest absolute Gasteiger partial charge is 0.291 e. The molecule has 0 bridgehead atoms. The summed E-state index contributed by atoms with van der Waals surface area (Å²) in [6.45, 7) is 0.239. The van der Waals surface area contributed by atoms with Gasteiger partial charge in [0.05, 0.1) is 37.2 Å². The third-order valence-electron chi connectivity index (χ3n) is 6.17. The summed E-state index contributed by atoms with van der Waals surface area (Å²) in [5.41, 5.74) is 2.06. The number of halogens is 1. The van der Waals surface area contributed by atoms with Crippen LogP contribution in [0.3, 0.4) is 0 Å². The van der Waals surface area contributed by atoms with Crippen molar-refractivity contribution in [2.75, 3.05) is 0 Å². The minimum Gasteiger partial charge on any atom is -0.334 e. The predicted octanol–water partition coefficient (Wildman–Crippen LogP) is 2.56. The fraction of sp³-hybridized carbons (Fsp3) is 0.125. The van der Waals surface area contributed by atoms with E-state index < -0.39 is 11.4 Å². The topological polar surface area (TPSA) is 103 Å². The summed E-state index contributed by atoms with van der Waals surface area (Å²) in [6, 6.07) is 12.0. The molecular weight excluding hydrogens is 437 g/mol. The molecule has 4 aromatic heterocycles. The highest BCUT2D eigenvalue weighted by atomic mass is 19.1. The summed E-state index contributed by atoms with van der Waals surface area (Å²) >= 11 is 0. The highest BCUT2D eigenvalue weighted by Gasteiger charge is 2.19. The fourth-order valence-electron chi connectivity index (χ4n) is 4.45. The van der Waals surface area contributed by atoms with E-state index in [1.54, 1.807) is 42.2 Å². The summed E-state index contributed by atoms with van der Waals surface area (Å²) in [6.07, 6.45) is 4.82. The number of aromatic nitrogens is 7. The van der Waals surface area contributed by atoms with E-state index in [1.807, 2.05) is 18.2 Å². The molecule has 0 aliphatic heterocycles. The summed E-state index contributed by atoms with van der Waals surface area (Å²) in [5.74, 6) is -0.409. The number of nitrogens with zero attached hydrogens (tertiary/aromatic N) is 6. The van der Waals surface area contributed by atoms with Crippen molar-refractivity contribution >= 4 is 32.7 Å².